The molecule has 0 saturated carbocycles. The number of carbonyl (C=O) groups excluding carboxylic acids is 1. The molecule has 8 bridgehead atoms. The molecule has 8 rings (SSSR count). The van der Waals surface area contributed by atoms with E-state index in [0.29, 0.717) is 67.9 Å². The number of esters is 1. The van der Waals surface area contributed by atoms with Crippen LogP contribution in [0.1, 0.15) is 116 Å². The summed E-state index contributed by atoms with van der Waals surface area (Å²) in [5.74, 6) is -0.678. The van der Waals surface area contributed by atoms with E-state index >= 15 is 0 Å². The van der Waals surface area contributed by atoms with Crippen molar-refractivity contribution < 1.29 is 43.7 Å². The number of carboxylic acid groups (broad SMARTS) is 1. The molecule has 77 heavy (non-hydrogen) atoms. The van der Waals surface area contributed by atoms with Gasteiger partial charge in [0.25, 0.3) is 0 Å². The maximum absolute atomic E-state index is 13.4. The number of aryl methyl sites for hydroxylation is 6. The Morgan fingerprint density at radius 2 is 1.06 bits per heavy atom. The average Bonchev–Trinajstić information content (AvgIpc) is 4.29. The highest BCUT2D eigenvalue weighted by molar-refractivity contribution is 5.96. The van der Waals surface area contributed by atoms with Crippen molar-refractivity contribution in [2.45, 2.75) is 120 Å². The van der Waals surface area contributed by atoms with E-state index in [1.165, 1.54) is 26.1 Å². The number of carboxylic acids is 1. The number of aliphatic carboxylic acids is 1. The van der Waals surface area contributed by atoms with Crippen LogP contribution in [-0.2, 0) is 49.9 Å². The standard InChI is InChI=1S/C52H59N13O12/c1-27-36(10-12-49(66)67)42-23-43-37(11-13-50(68)77-19-16-62-35(9)55-26-48(62)65(73)74)28(2)38(56-43)20-40-29(3)51(31(5)75-17-14-60-33(7)53-24-46(60)63(69)70)45(58-40)22-41-30(4)52(44(59-41)21-39(27)57-42)32(6)76-18-15-61-34(8)54-25-47(61)64(71)72/h20-26,31-32,56,59H,10-19H2,1-9H3,(H,66,67). The molecule has 0 aromatic carbocycles. The van der Waals surface area contributed by atoms with Crippen LogP contribution in [0.2, 0.25) is 0 Å². The Kier molecular flexibility index (Phi) is 16.0. The minimum atomic E-state index is -0.983. The van der Waals surface area contributed by atoms with Crippen molar-refractivity contribution in [3.8, 4) is 0 Å². The Morgan fingerprint density at radius 1 is 0.597 bits per heavy atom. The molecule has 0 aliphatic carbocycles. The fourth-order valence-corrected chi connectivity index (χ4v) is 10.0. The number of nitro groups is 3. The minimum absolute atomic E-state index is 0.0367. The molecule has 25 nitrogen and oxygen atoms in total. The van der Waals surface area contributed by atoms with E-state index in [0.717, 1.165) is 45.2 Å². The first-order valence-corrected chi connectivity index (χ1v) is 24.9. The summed E-state index contributed by atoms with van der Waals surface area (Å²) in [6.45, 7) is 16.9. The number of H-pyrrole nitrogens is 2. The van der Waals surface area contributed by atoms with E-state index in [-0.39, 0.29) is 82.6 Å². The number of fused-ring (bicyclic) bond motifs is 8. The fraction of sp³-hybridized carbons (Fsp3) is 0.404. The lowest BCUT2D eigenvalue weighted by atomic mass is 9.99. The molecular weight excluding hydrogens is 999 g/mol. The van der Waals surface area contributed by atoms with Crippen molar-refractivity contribution in [3.63, 3.8) is 0 Å². The molecule has 3 N–H and O–H groups in total. The van der Waals surface area contributed by atoms with Crippen molar-refractivity contribution >= 4 is 73.8 Å². The van der Waals surface area contributed by atoms with Crippen LogP contribution in [0.4, 0.5) is 17.5 Å². The molecule has 0 spiro atoms. The number of ether oxygens (including phenoxy) is 3. The maximum atomic E-state index is 13.4. The molecule has 2 aliphatic rings. The van der Waals surface area contributed by atoms with Gasteiger partial charge in [-0.3, -0.25) is 9.59 Å². The summed E-state index contributed by atoms with van der Waals surface area (Å²) in [5.41, 5.74) is 11.0. The average molecular weight is 1060 g/mol. The van der Waals surface area contributed by atoms with Gasteiger partial charge in [-0.2, -0.15) is 0 Å². The van der Waals surface area contributed by atoms with E-state index in [1.54, 1.807) is 20.8 Å². The van der Waals surface area contributed by atoms with E-state index < -0.39 is 38.9 Å². The third-order valence-corrected chi connectivity index (χ3v) is 14.2. The van der Waals surface area contributed by atoms with E-state index in [9.17, 15) is 45.0 Å². The minimum Gasteiger partial charge on any atom is -0.481 e. The Hall–Kier alpha value is -8.71. The monoisotopic (exact) mass is 1060 g/mol. The number of carbonyl (C=O) groups is 2. The molecule has 0 radical (unpaired) electrons. The zero-order chi connectivity index (χ0) is 55.6. The summed E-state index contributed by atoms with van der Waals surface area (Å²) < 4.78 is 22.8. The maximum Gasteiger partial charge on any atom is 0.342 e. The number of rotatable bonds is 22. The summed E-state index contributed by atoms with van der Waals surface area (Å²) in [6.07, 6.45) is 2.60. The Labute approximate surface area is 440 Å². The van der Waals surface area contributed by atoms with Crippen LogP contribution >= 0.6 is 0 Å². The third kappa shape index (κ3) is 11.4. The topological polar surface area (TPSA) is 322 Å². The highest BCUT2D eigenvalue weighted by atomic mass is 16.6. The van der Waals surface area contributed by atoms with Gasteiger partial charge in [-0.25, -0.2) is 38.6 Å². The van der Waals surface area contributed by atoms with Crippen LogP contribution in [0.15, 0.2) is 42.9 Å². The van der Waals surface area contributed by atoms with Gasteiger partial charge < -0.3 is 59.6 Å². The van der Waals surface area contributed by atoms with Crippen LogP contribution in [0.3, 0.4) is 0 Å². The molecule has 0 amide bonds. The molecular formula is C52H59N13O12. The SMILES string of the molecule is CC1=C(CCC(=O)O)c2cc3[nH]c(cc4nc(cc5[nH]c(cc1n2)c(C(C)OCCn1c([N+](=O)[O-])cnc1C)c5C)C(C(C)OCCn1c([N+](=O)[O-])cnc1C)=C4C)c(C)c3CCC(=O)OCCn1c([N+](=O)[O-])cnc1C. The van der Waals surface area contributed by atoms with Crippen LogP contribution < -0.4 is 0 Å². The highest BCUT2D eigenvalue weighted by Crippen LogP contribution is 2.39. The molecule has 0 fully saturated rings. The van der Waals surface area contributed by atoms with Gasteiger partial charge in [-0.05, 0) is 127 Å². The third-order valence-electron chi connectivity index (χ3n) is 14.2. The van der Waals surface area contributed by atoms with Gasteiger partial charge >= 0.3 is 29.4 Å². The van der Waals surface area contributed by atoms with Gasteiger partial charge in [-0.1, -0.05) is 0 Å². The Morgan fingerprint density at radius 3 is 1.62 bits per heavy atom. The second-order valence-corrected chi connectivity index (χ2v) is 18.9. The molecule has 0 saturated heterocycles. The van der Waals surface area contributed by atoms with E-state index in [1.807, 2.05) is 65.8 Å². The first-order valence-electron chi connectivity index (χ1n) is 24.9. The Bertz CT molecular complexity index is 3590. The summed E-state index contributed by atoms with van der Waals surface area (Å²) >= 11 is 0. The number of hydrogen-bond acceptors (Lipinski definition) is 16. The number of allylic oxidation sites excluding steroid dienone is 3. The molecule has 404 valence electrons. The molecule has 2 aliphatic heterocycles. The highest BCUT2D eigenvalue weighted by Gasteiger charge is 2.27. The number of imidazole rings is 3. The zero-order valence-corrected chi connectivity index (χ0v) is 44.1. The molecule has 2 atom stereocenters. The molecule has 2 unspecified atom stereocenters. The van der Waals surface area contributed by atoms with Crippen LogP contribution in [0, 0.1) is 65.0 Å². The Balaban J connectivity index is 1.25. The van der Waals surface area contributed by atoms with Gasteiger partial charge in [0.05, 0.1) is 48.2 Å². The fourth-order valence-electron chi connectivity index (χ4n) is 10.0. The smallest absolute Gasteiger partial charge is 0.342 e. The largest absolute Gasteiger partial charge is 0.481 e. The number of aromatic amines is 2. The van der Waals surface area contributed by atoms with Crippen LogP contribution in [0.25, 0.3) is 44.4 Å². The lowest BCUT2D eigenvalue weighted by Crippen LogP contribution is -2.16. The summed E-state index contributed by atoms with van der Waals surface area (Å²) in [5, 5.41) is 45.0. The van der Waals surface area contributed by atoms with Crippen molar-refractivity contribution in [3.05, 3.63) is 136 Å². The first kappa shape index (κ1) is 54.5. The van der Waals surface area contributed by atoms with Gasteiger partial charge in [0.1, 0.15) is 44.8 Å². The van der Waals surface area contributed by atoms with Crippen LogP contribution in [0.5, 0.6) is 0 Å². The molecule has 6 aromatic heterocycles. The van der Waals surface area contributed by atoms with Crippen molar-refractivity contribution in [2.24, 2.45) is 0 Å². The van der Waals surface area contributed by atoms with E-state index in [4.69, 9.17) is 24.2 Å². The normalized spacial score (nSPS) is 13.4. The summed E-state index contributed by atoms with van der Waals surface area (Å²) in [4.78, 5) is 88.8. The number of hydrogen-bond donors (Lipinski definition) is 3. The second kappa shape index (κ2) is 22.6. The lowest BCUT2D eigenvalue weighted by Gasteiger charge is -2.16. The molecule has 8 heterocycles. The van der Waals surface area contributed by atoms with Crippen molar-refractivity contribution in [1.82, 2.24) is 48.6 Å². The zero-order valence-electron chi connectivity index (χ0n) is 44.1. The number of aromatic nitrogens is 10. The van der Waals surface area contributed by atoms with Gasteiger partial charge in [0.15, 0.2) is 17.5 Å². The number of nitrogens with one attached hydrogen (secondary N) is 2. The lowest BCUT2D eigenvalue weighted by molar-refractivity contribution is -0.392. The van der Waals surface area contributed by atoms with Gasteiger partial charge in [-0.15, -0.1) is 0 Å². The summed E-state index contributed by atoms with van der Waals surface area (Å²) in [6, 6.07) is 7.59. The second-order valence-electron chi connectivity index (χ2n) is 18.9. The predicted octanol–water partition coefficient (Wildman–Crippen LogP) is 8.96. The summed E-state index contributed by atoms with van der Waals surface area (Å²) in [7, 11) is 0. The molecule has 25 heteroatoms. The molecule has 6 aromatic rings. The predicted molar refractivity (Wildman–Crippen MR) is 282 cm³/mol. The number of nitrogens with zero attached hydrogens (tertiary/aromatic N) is 11. The van der Waals surface area contributed by atoms with Crippen LogP contribution in [-0.4, -0.2) is 106 Å². The van der Waals surface area contributed by atoms with E-state index in [2.05, 4.69) is 24.9 Å². The van der Waals surface area contributed by atoms with Crippen molar-refractivity contribution in [1.29, 1.82) is 0 Å². The quantitative estimate of drug-likeness (QED) is 0.0324. The van der Waals surface area contributed by atoms with Gasteiger partial charge in [0.2, 0.25) is 0 Å². The van der Waals surface area contributed by atoms with Crippen molar-refractivity contribution in [2.75, 3.05) is 19.8 Å². The first-order chi connectivity index (χ1) is 36.6. The van der Waals surface area contributed by atoms with Gasteiger partial charge in [0, 0.05) is 66.8 Å².